The number of nitrogens with one attached hydrogen (secondary N) is 2. The van der Waals surface area contributed by atoms with E-state index in [1.807, 2.05) is 12.5 Å². The largest absolute Gasteiger partial charge is 0.356 e. The molecular weight excluding hydrogens is 342 g/mol. The third kappa shape index (κ3) is 5.20. The molecule has 0 aliphatic carbocycles. The molecule has 0 bridgehead atoms. The number of nitrogens with zero attached hydrogens (tertiary/aromatic N) is 3. The highest BCUT2D eigenvalue weighted by Gasteiger charge is 2.07. The molecule has 3 rings (SSSR count). The molecule has 1 unspecified atom stereocenters. The summed E-state index contributed by atoms with van der Waals surface area (Å²) >= 11 is 1.80. The Bertz CT molecular complexity index is 809. The second kappa shape index (κ2) is 9.20. The second-order valence-corrected chi connectivity index (χ2v) is 7.26. The second-order valence-electron chi connectivity index (χ2n) is 6.28. The van der Waals surface area contributed by atoms with E-state index >= 15 is 0 Å². The fourth-order valence-electron chi connectivity index (χ4n) is 2.76. The predicted molar refractivity (Wildman–Crippen MR) is 109 cm³/mol. The van der Waals surface area contributed by atoms with Gasteiger partial charge in [0.2, 0.25) is 0 Å². The molecule has 0 aliphatic heterocycles. The van der Waals surface area contributed by atoms with Crippen molar-refractivity contribution in [2.75, 3.05) is 13.6 Å². The van der Waals surface area contributed by atoms with Crippen molar-refractivity contribution in [1.82, 2.24) is 20.2 Å². The van der Waals surface area contributed by atoms with Crippen molar-refractivity contribution in [1.29, 1.82) is 0 Å². The molecule has 1 aromatic carbocycles. The Hall–Kier alpha value is -2.60. The van der Waals surface area contributed by atoms with Crippen LogP contribution in [-0.2, 0) is 13.1 Å². The van der Waals surface area contributed by atoms with Gasteiger partial charge in [-0.2, -0.15) is 0 Å². The Morgan fingerprint density at radius 2 is 2.12 bits per heavy atom. The van der Waals surface area contributed by atoms with Crippen molar-refractivity contribution in [3.8, 4) is 0 Å². The summed E-state index contributed by atoms with van der Waals surface area (Å²) in [4.78, 5) is 9.81. The molecular formula is C20H25N5S. The van der Waals surface area contributed by atoms with Gasteiger partial charge in [-0.1, -0.05) is 37.3 Å². The van der Waals surface area contributed by atoms with E-state index in [0.717, 1.165) is 25.6 Å². The van der Waals surface area contributed by atoms with Gasteiger partial charge in [-0.3, -0.25) is 4.99 Å². The summed E-state index contributed by atoms with van der Waals surface area (Å²) < 4.78 is 2.07. The van der Waals surface area contributed by atoms with Gasteiger partial charge in [0.25, 0.3) is 0 Å². The first-order valence-corrected chi connectivity index (χ1v) is 9.64. The summed E-state index contributed by atoms with van der Waals surface area (Å²) in [5, 5.41) is 8.93. The van der Waals surface area contributed by atoms with Crippen molar-refractivity contribution in [2.24, 2.45) is 4.99 Å². The topological polar surface area (TPSA) is 54.2 Å². The lowest BCUT2D eigenvalue weighted by Crippen LogP contribution is -2.38. The van der Waals surface area contributed by atoms with Crippen LogP contribution in [0.2, 0.25) is 0 Å². The Balaban J connectivity index is 1.50. The zero-order chi connectivity index (χ0) is 18.2. The standard InChI is InChI=1S/C20H25N5S/c1-16(19-7-4-10-26-19)12-23-20(21-2)24-13-17-5-3-6-18(11-17)14-25-9-8-22-15-25/h3-11,15-16H,12-14H2,1-2H3,(H2,21,23,24). The number of thiophene rings is 1. The van der Waals surface area contributed by atoms with E-state index in [2.05, 4.69) is 73.9 Å². The molecule has 1 atom stereocenters. The Morgan fingerprint density at radius 3 is 2.85 bits per heavy atom. The summed E-state index contributed by atoms with van der Waals surface area (Å²) in [6.07, 6.45) is 5.62. The zero-order valence-corrected chi connectivity index (χ0v) is 16.0. The van der Waals surface area contributed by atoms with Crippen LogP contribution >= 0.6 is 11.3 Å². The Labute approximate surface area is 158 Å². The average molecular weight is 368 g/mol. The SMILES string of the molecule is CN=C(NCc1cccc(Cn2ccnc2)c1)NCC(C)c1cccs1. The Morgan fingerprint density at radius 1 is 1.23 bits per heavy atom. The fraction of sp³-hybridized carbons (Fsp3) is 0.300. The molecule has 2 N–H and O–H groups in total. The Kier molecular flexibility index (Phi) is 6.44. The lowest BCUT2D eigenvalue weighted by molar-refractivity contribution is 0.708. The van der Waals surface area contributed by atoms with Gasteiger partial charge in [0.05, 0.1) is 6.33 Å². The molecule has 6 heteroatoms. The van der Waals surface area contributed by atoms with E-state index in [9.17, 15) is 0 Å². The minimum atomic E-state index is 0.465. The maximum atomic E-state index is 4.33. The van der Waals surface area contributed by atoms with Crippen LogP contribution in [0.1, 0.15) is 28.8 Å². The molecule has 5 nitrogen and oxygen atoms in total. The van der Waals surface area contributed by atoms with Crippen LogP contribution in [-0.4, -0.2) is 29.1 Å². The average Bonchev–Trinajstić information content (AvgIpc) is 3.36. The first kappa shape index (κ1) is 18.2. The lowest BCUT2D eigenvalue weighted by atomic mass is 10.1. The first-order valence-electron chi connectivity index (χ1n) is 8.76. The smallest absolute Gasteiger partial charge is 0.191 e. The number of aliphatic imine (C=N–C) groups is 1. The maximum absolute atomic E-state index is 4.33. The summed E-state index contributed by atoms with van der Waals surface area (Å²) in [6, 6.07) is 12.9. The van der Waals surface area contributed by atoms with Gasteiger partial charge < -0.3 is 15.2 Å². The van der Waals surface area contributed by atoms with E-state index in [1.165, 1.54) is 16.0 Å². The molecule has 2 heterocycles. The van der Waals surface area contributed by atoms with Crippen molar-refractivity contribution in [3.05, 3.63) is 76.5 Å². The van der Waals surface area contributed by atoms with Crippen molar-refractivity contribution in [2.45, 2.75) is 25.9 Å². The first-order chi connectivity index (χ1) is 12.7. The number of rotatable bonds is 7. The summed E-state index contributed by atoms with van der Waals surface area (Å²) in [6.45, 7) is 4.66. The maximum Gasteiger partial charge on any atom is 0.191 e. The highest BCUT2D eigenvalue weighted by atomic mass is 32.1. The van der Waals surface area contributed by atoms with Gasteiger partial charge >= 0.3 is 0 Å². The van der Waals surface area contributed by atoms with Crippen LogP contribution in [0.4, 0.5) is 0 Å². The number of hydrogen-bond donors (Lipinski definition) is 2. The summed E-state index contributed by atoms with van der Waals surface area (Å²) in [5.41, 5.74) is 2.49. The highest BCUT2D eigenvalue weighted by molar-refractivity contribution is 7.10. The molecule has 3 aromatic rings. The third-order valence-electron chi connectivity index (χ3n) is 4.20. The van der Waals surface area contributed by atoms with E-state index in [4.69, 9.17) is 0 Å². The minimum absolute atomic E-state index is 0.465. The third-order valence-corrected chi connectivity index (χ3v) is 5.31. The van der Waals surface area contributed by atoms with Crippen LogP contribution in [0.5, 0.6) is 0 Å². The van der Waals surface area contributed by atoms with Crippen molar-refractivity contribution < 1.29 is 0 Å². The van der Waals surface area contributed by atoms with Gasteiger partial charge in [0.15, 0.2) is 5.96 Å². The highest BCUT2D eigenvalue weighted by Crippen LogP contribution is 2.19. The quantitative estimate of drug-likeness (QED) is 0.497. The molecule has 0 saturated heterocycles. The number of benzene rings is 1. The van der Waals surface area contributed by atoms with Crippen LogP contribution < -0.4 is 10.6 Å². The number of guanidine groups is 1. The number of aromatic nitrogens is 2. The van der Waals surface area contributed by atoms with Crippen molar-refractivity contribution >= 4 is 17.3 Å². The van der Waals surface area contributed by atoms with Crippen molar-refractivity contribution in [3.63, 3.8) is 0 Å². The molecule has 0 saturated carbocycles. The van der Waals surface area contributed by atoms with Crippen LogP contribution in [0.15, 0.2) is 65.5 Å². The number of hydrogen-bond acceptors (Lipinski definition) is 3. The molecule has 2 aromatic heterocycles. The molecule has 136 valence electrons. The van der Waals surface area contributed by atoms with E-state index in [0.29, 0.717) is 5.92 Å². The predicted octanol–water partition coefficient (Wildman–Crippen LogP) is 3.46. The molecule has 0 amide bonds. The normalized spacial score (nSPS) is 12.8. The van der Waals surface area contributed by atoms with Gasteiger partial charge in [0.1, 0.15) is 0 Å². The molecule has 0 spiro atoms. The minimum Gasteiger partial charge on any atom is -0.356 e. The molecule has 0 aliphatic rings. The molecule has 26 heavy (non-hydrogen) atoms. The van der Waals surface area contributed by atoms with Gasteiger partial charge in [-0.15, -0.1) is 11.3 Å². The lowest BCUT2D eigenvalue weighted by Gasteiger charge is -2.15. The van der Waals surface area contributed by atoms with E-state index in [-0.39, 0.29) is 0 Å². The van der Waals surface area contributed by atoms with Crippen LogP contribution in [0, 0.1) is 0 Å². The summed E-state index contributed by atoms with van der Waals surface area (Å²) in [5.74, 6) is 1.29. The van der Waals surface area contributed by atoms with E-state index < -0.39 is 0 Å². The molecule has 0 radical (unpaired) electrons. The van der Waals surface area contributed by atoms with Gasteiger partial charge in [0, 0.05) is 49.9 Å². The van der Waals surface area contributed by atoms with Crippen LogP contribution in [0.3, 0.4) is 0 Å². The van der Waals surface area contributed by atoms with Gasteiger partial charge in [-0.25, -0.2) is 4.98 Å². The molecule has 0 fully saturated rings. The zero-order valence-electron chi connectivity index (χ0n) is 15.2. The number of imidazole rings is 1. The summed E-state index contributed by atoms with van der Waals surface area (Å²) in [7, 11) is 1.81. The monoisotopic (exact) mass is 367 g/mol. The van der Waals surface area contributed by atoms with E-state index in [1.54, 1.807) is 24.6 Å². The fourth-order valence-corrected chi connectivity index (χ4v) is 3.54. The van der Waals surface area contributed by atoms with Crippen LogP contribution in [0.25, 0.3) is 0 Å². The van der Waals surface area contributed by atoms with Gasteiger partial charge in [-0.05, 0) is 22.6 Å².